The van der Waals surface area contributed by atoms with E-state index in [2.05, 4.69) is 22.3 Å². The lowest BCUT2D eigenvalue weighted by molar-refractivity contribution is -0.137. The summed E-state index contributed by atoms with van der Waals surface area (Å²) in [6.07, 6.45) is -2.80. The zero-order valence-corrected chi connectivity index (χ0v) is 20.5. The molecule has 9 heteroatoms. The van der Waals surface area contributed by atoms with Crippen molar-refractivity contribution >= 4 is 17.6 Å². The van der Waals surface area contributed by atoms with E-state index in [9.17, 15) is 22.8 Å². The molecular weight excluding hydrogens is 483 g/mol. The molecule has 3 aromatic carbocycles. The second-order valence-corrected chi connectivity index (χ2v) is 8.68. The van der Waals surface area contributed by atoms with Crippen LogP contribution in [0.1, 0.15) is 40.4 Å². The molecule has 37 heavy (non-hydrogen) atoms. The molecule has 1 aliphatic heterocycles. The fourth-order valence-corrected chi connectivity index (χ4v) is 4.06. The van der Waals surface area contributed by atoms with Crippen molar-refractivity contribution in [3.8, 4) is 11.1 Å². The fourth-order valence-electron chi connectivity index (χ4n) is 4.06. The number of carbonyl (C=O) groups excluding carboxylic acids is 1. The van der Waals surface area contributed by atoms with Crippen molar-refractivity contribution < 1.29 is 27.9 Å². The number of halogens is 3. The first kappa shape index (κ1) is 27.7. The number of alkyl halides is 3. The zero-order chi connectivity index (χ0) is 27.0. The summed E-state index contributed by atoms with van der Waals surface area (Å²) in [5.74, 6) is -0.990. The first-order valence-corrected chi connectivity index (χ1v) is 11.9. The van der Waals surface area contributed by atoms with Crippen molar-refractivity contribution in [3.63, 3.8) is 0 Å². The lowest BCUT2D eigenvalue weighted by Gasteiger charge is -2.28. The van der Waals surface area contributed by atoms with Gasteiger partial charge >= 0.3 is 12.1 Å². The predicted octanol–water partition coefficient (Wildman–Crippen LogP) is 5.22. The molecule has 4 rings (SSSR count). The number of hydrogen-bond donors (Lipinski definition) is 3. The number of nitrogen functional groups attached to an aromatic ring is 1. The molecular formula is C28H30F3N3O3. The fraction of sp³-hybridized carbons (Fsp3) is 0.286. The average molecular weight is 514 g/mol. The number of nitrogens with one attached hydrogen (secondary N) is 1. The minimum Gasteiger partial charge on any atom is -0.478 e. The van der Waals surface area contributed by atoms with Gasteiger partial charge in [0.2, 0.25) is 5.91 Å². The van der Waals surface area contributed by atoms with E-state index in [1.807, 2.05) is 13.0 Å². The Labute approximate surface area is 213 Å². The Morgan fingerprint density at radius 3 is 2.38 bits per heavy atom. The average Bonchev–Trinajstić information content (AvgIpc) is 2.88. The molecule has 6 nitrogen and oxygen atoms in total. The number of nitrogens with zero attached hydrogens (tertiary/aromatic N) is 1. The SMILES string of the molecule is CCC(=O)NCCN1CCc2cc(N)ccc2C1.O=C(O)c1ccccc1-c1ccc(C(F)(F)F)cc1. The van der Waals surface area contributed by atoms with Crippen LogP contribution in [0.4, 0.5) is 18.9 Å². The smallest absolute Gasteiger partial charge is 0.416 e. The summed E-state index contributed by atoms with van der Waals surface area (Å²) in [6.45, 7) is 5.51. The predicted molar refractivity (Wildman–Crippen MR) is 137 cm³/mol. The standard InChI is InChI=1S/C14H9F3O2.C14H21N3O/c15-14(16,17)10-7-5-9(6-8-10)11-3-1-2-4-12(11)13(18)19;1-2-14(18)16-6-8-17-7-5-11-9-13(15)4-3-12(11)10-17/h1-8H,(H,18,19);3-4,9H,2,5-8,10,15H2,1H3,(H,16,18). The third-order valence-corrected chi connectivity index (χ3v) is 6.07. The van der Waals surface area contributed by atoms with Crippen LogP contribution in [-0.4, -0.2) is 41.5 Å². The van der Waals surface area contributed by atoms with Crippen molar-refractivity contribution in [2.45, 2.75) is 32.5 Å². The second-order valence-electron chi connectivity index (χ2n) is 8.68. The maximum absolute atomic E-state index is 12.4. The molecule has 4 N–H and O–H groups in total. The van der Waals surface area contributed by atoms with Crippen LogP contribution in [0.2, 0.25) is 0 Å². The Bertz CT molecular complexity index is 1230. The van der Waals surface area contributed by atoms with Gasteiger partial charge in [0.25, 0.3) is 0 Å². The largest absolute Gasteiger partial charge is 0.478 e. The van der Waals surface area contributed by atoms with Crippen molar-refractivity contribution in [1.82, 2.24) is 10.2 Å². The maximum atomic E-state index is 12.4. The number of carboxylic acids is 1. The number of anilines is 1. The summed E-state index contributed by atoms with van der Waals surface area (Å²) in [7, 11) is 0. The number of carbonyl (C=O) groups is 2. The van der Waals surface area contributed by atoms with Crippen LogP contribution >= 0.6 is 0 Å². The molecule has 0 fully saturated rings. The van der Waals surface area contributed by atoms with E-state index in [4.69, 9.17) is 10.8 Å². The summed E-state index contributed by atoms with van der Waals surface area (Å²) in [5, 5.41) is 11.9. The van der Waals surface area contributed by atoms with Crippen LogP contribution in [0.15, 0.2) is 66.7 Å². The van der Waals surface area contributed by atoms with E-state index in [0.717, 1.165) is 50.4 Å². The molecule has 0 bridgehead atoms. The Balaban J connectivity index is 0.000000206. The Morgan fingerprint density at radius 2 is 1.73 bits per heavy atom. The van der Waals surface area contributed by atoms with Crippen LogP contribution in [0.25, 0.3) is 11.1 Å². The molecule has 0 radical (unpaired) electrons. The first-order valence-electron chi connectivity index (χ1n) is 11.9. The molecule has 0 spiro atoms. The molecule has 1 amide bonds. The lowest BCUT2D eigenvalue weighted by atomic mass is 9.99. The van der Waals surface area contributed by atoms with Gasteiger partial charge in [-0.1, -0.05) is 43.3 Å². The molecule has 196 valence electrons. The number of amides is 1. The number of benzene rings is 3. The molecule has 0 saturated carbocycles. The third-order valence-electron chi connectivity index (χ3n) is 6.07. The Morgan fingerprint density at radius 1 is 1.03 bits per heavy atom. The number of fused-ring (bicyclic) bond motifs is 1. The van der Waals surface area contributed by atoms with Crippen LogP contribution in [0.3, 0.4) is 0 Å². The van der Waals surface area contributed by atoms with Crippen LogP contribution < -0.4 is 11.1 Å². The number of hydrogen-bond acceptors (Lipinski definition) is 4. The lowest BCUT2D eigenvalue weighted by Crippen LogP contribution is -2.37. The molecule has 0 saturated heterocycles. The highest BCUT2D eigenvalue weighted by molar-refractivity contribution is 5.96. The highest BCUT2D eigenvalue weighted by atomic mass is 19.4. The summed E-state index contributed by atoms with van der Waals surface area (Å²) in [5.41, 5.74) is 9.48. The number of nitrogens with two attached hydrogens (primary N) is 1. The maximum Gasteiger partial charge on any atom is 0.416 e. The summed E-state index contributed by atoms with van der Waals surface area (Å²) < 4.78 is 37.3. The minimum atomic E-state index is -4.40. The van der Waals surface area contributed by atoms with Gasteiger partial charge in [0.05, 0.1) is 11.1 Å². The van der Waals surface area contributed by atoms with Gasteiger partial charge in [0.1, 0.15) is 0 Å². The second kappa shape index (κ2) is 12.4. The Kier molecular flexibility index (Phi) is 9.30. The molecule has 1 aliphatic rings. The van der Waals surface area contributed by atoms with Gasteiger partial charge in [-0.25, -0.2) is 4.79 Å². The van der Waals surface area contributed by atoms with Gasteiger partial charge < -0.3 is 16.2 Å². The van der Waals surface area contributed by atoms with Gasteiger partial charge in [-0.3, -0.25) is 9.69 Å². The Hall–Kier alpha value is -3.85. The summed E-state index contributed by atoms with van der Waals surface area (Å²) in [4.78, 5) is 24.6. The molecule has 3 aromatic rings. The van der Waals surface area contributed by atoms with Crippen LogP contribution in [-0.2, 0) is 23.9 Å². The van der Waals surface area contributed by atoms with Crippen LogP contribution in [0.5, 0.6) is 0 Å². The molecule has 0 aliphatic carbocycles. The van der Waals surface area contributed by atoms with Gasteiger partial charge in [0, 0.05) is 38.3 Å². The number of rotatable bonds is 6. The highest BCUT2D eigenvalue weighted by Gasteiger charge is 2.30. The van der Waals surface area contributed by atoms with E-state index in [1.165, 1.54) is 29.3 Å². The first-order chi connectivity index (χ1) is 17.6. The highest BCUT2D eigenvalue weighted by Crippen LogP contribution is 2.31. The van der Waals surface area contributed by atoms with E-state index in [-0.39, 0.29) is 11.5 Å². The van der Waals surface area contributed by atoms with E-state index in [1.54, 1.807) is 18.2 Å². The minimum absolute atomic E-state index is 0.0576. The monoisotopic (exact) mass is 513 g/mol. The normalized spacial score (nSPS) is 13.2. The van der Waals surface area contributed by atoms with Crippen molar-refractivity contribution in [2.75, 3.05) is 25.4 Å². The van der Waals surface area contributed by atoms with E-state index < -0.39 is 17.7 Å². The zero-order valence-electron chi connectivity index (χ0n) is 20.5. The molecule has 0 atom stereocenters. The van der Waals surface area contributed by atoms with E-state index in [0.29, 0.717) is 17.5 Å². The van der Waals surface area contributed by atoms with Crippen molar-refractivity contribution in [2.24, 2.45) is 0 Å². The topological polar surface area (TPSA) is 95.7 Å². The van der Waals surface area contributed by atoms with Gasteiger partial charge in [-0.2, -0.15) is 13.2 Å². The van der Waals surface area contributed by atoms with Crippen molar-refractivity contribution in [1.29, 1.82) is 0 Å². The van der Waals surface area contributed by atoms with Gasteiger partial charge in [-0.05, 0) is 59.0 Å². The van der Waals surface area contributed by atoms with Gasteiger partial charge in [-0.15, -0.1) is 0 Å². The molecule has 1 heterocycles. The summed E-state index contributed by atoms with van der Waals surface area (Å²) >= 11 is 0. The molecule has 0 unspecified atom stereocenters. The van der Waals surface area contributed by atoms with Crippen molar-refractivity contribution in [3.05, 3.63) is 89.0 Å². The molecule has 0 aromatic heterocycles. The van der Waals surface area contributed by atoms with Crippen LogP contribution in [0, 0.1) is 0 Å². The quantitative estimate of drug-likeness (QED) is 0.393. The van der Waals surface area contributed by atoms with Gasteiger partial charge in [0.15, 0.2) is 0 Å². The number of aromatic carboxylic acids is 1. The van der Waals surface area contributed by atoms with E-state index >= 15 is 0 Å². The summed E-state index contributed by atoms with van der Waals surface area (Å²) in [6, 6.07) is 16.7. The number of carboxylic acid groups (broad SMARTS) is 1. The third kappa shape index (κ3) is 7.82.